The number of fused-ring (bicyclic) bond motifs is 1. The molecule has 1 fully saturated rings. The van der Waals surface area contributed by atoms with Crippen LogP contribution < -0.4 is 5.32 Å². The number of hydrogen-bond acceptors (Lipinski definition) is 2. The minimum absolute atomic E-state index is 0.777. The fourth-order valence-electron chi connectivity index (χ4n) is 2.95. The predicted molar refractivity (Wildman–Crippen MR) is 83.9 cm³/mol. The van der Waals surface area contributed by atoms with Gasteiger partial charge in [0.1, 0.15) is 0 Å². The van der Waals surface area contributed by atoms with Crippen LogP contribution in [-0.2, 0) is 0 Å². The lowest BCUT2D eigenvalue weighted by Crippen LogP contribution is -2.27. The molecule has 1 aromatic carbocycles. The van der Waals surface area contributed by atoms with Gasteiger partial charge in [-0.2, -0.15) is 0 Å². The molecule has 0 amide bonds. The van der Waals surface area contributed by atoms with E-state index in [2.05, 4.69) is 43.4 Å². The Balaban J connectivity index is 1.53. The summed E-state index contributed by atoms with van der Waals surface area (Å²) in [5.41, 5.74) is 1.60. The Bertz CT molecular complexity index is 427. The van der Waals surface area contributed by atoms with Crippen LogP contribution in [0.1, 0.15) is 44.6 Å². The SMILES string of the molecule is CC(CNC1CC1)C(C)CC1CSc2ccccc21. The van der Waals surface area contributed by atoms with Gasteiger partial charge in [-0.25, -0.2) is 0 Å². The average molecular weight is 275 g/mol. The molecule has 104 valence electrons. The molecule has 1 aromatic rings. The van der Waals surface area contributed by atoms with Gasteiger partial charge in [-0.05, 0) is 55.2 Å². The second kappa shape index (κ2) is 5.88. The van der Waals surface area contributed by atoms with E-state index in [1.807, 2.05) is 11.8 Å². The van der Waals surface area contributed by atoms with Gasteiger partial charge >= 0.3 is 0 Å². The molecule has 0 saturated heterocycles. The number of hydrogen-bond donors (Lipinski definition) is 1. The van der Waals surface area contributed by atoms with E-state index >= 15 is 0 Å². The zero-order valence-electron chi connectivity index (χ0n) is 12.1. The summed E-state index contributed by atoms with van der Waals surface area (Å²) in [6.45, 7) is 6.05. The zero-order valence-corrected chi connectivity index (χ0v) is 12.9. The third kappa shape index (κ3) is 3.35. The van der Waals surface area contributed by atoms with Crippen LogP contribution in [0.3, 0.4) is 0 Å². The lowest BCUT2D eigenvalue weighted by molar-refractivity contribution is 0.331. The molecule has 3 rings (SSSR count). The first-order chi connectivity index (χ1) is 9.24. The lowest BCUT2D eigenvalue weighted by Gasteiger charge is -2.23. The summed E-state index contributed by atoms with van der Waals surface area (Å²) in [6.07, 6.45) is 4.14. The van der Waals surface area contributed by atoms with Crippen molar-refractivity contribution in [1.82, 2.24) is 5.32 Å². The summed E-state index contributed by atoms with van der Waals surface area (Å²) in [4.78, 5) is 1.52. The van der Waals surface area contributed by atoms with Gasteiger partial charge in [0.15, 0.2) is 0 Å². The third-order valence-electron chi connectivity index (χ3n) is 4.73. The molecule has 1 saturated carbocycles. The van der Waals surface area contributed by atoms with Gasteiger partial charge in [0.2, 0.25) is 0 Å². The van der Waals surface area contributed by atoms with E-state index < -0.39 is 0 Å². The van der Waals surface area contributed by atoms with Crippen molar-refractivity contribution >= 4 is 11.8 Å². The molecule has 1 aliphatic carbocycles. The van der Waals surface area contributed by atoms with Crippen LogP contribution in [-0.4, -0.2) is 18.3 Å². The number of nitrogens with one attached hydrogen (secondary N) is 1. The van der Waals surface area contributed by atoms with Crippen molar-refractivity contribution in [2.45, 2.75) is 50.0 Å². The molecule has 3 atom stereocenters. The molecular weight excluding hydrogens is 250 g/mol. The fourth-order valence-corrected chi connectivity index (χ4v) is 4.22. The topological polar surface area (TPSA) is 12.0 Å². The molecule has 0 radical (unpaired) electrons. The van der Waals surface area contributed by atoms with Crippen molar-refractivity contribution in [1.29, 1.82) is 0 Å². The smallest absolute Gasteiger partial charge is 0.0107 e. The van der Waals surface area contributed by atoms with Crippen molar-refractivity contribution in [3.05, 3.63) is 29.8 Å². The second-order valence-corrected chi connectivity index (χ2v) is 7.48. The van der Waals surface area contributed by atoms with E-state index in [1.165, 1.54) is 36.5 Å². The Morgan fingerprint density at radius 2 is 2.00 bits per heavy atom. The van der Waals surface area contributed by atoms with Crippen LogP contribution in [0.5, 0.6) is 0 Å². The van der Waals surface area contributed by atoms with Crippen LogP contribution in [0.2, 0.25) is 0 Å². The molecule has 0 aromatic heterocycles. The molecule has 1 heterocycles. The summed E-state index contributed by atoms with van der Waals surface area (Å²) in [6, 6.07) is 9.82. The van der Waals surface area contributed by atoms with E-state index in [-0.39, 0.29) is 0 Å². The molecule has 1 nitrogen and oxygen atoms in total. The summed E-state index contributed by atoms with van der Waals surface area (Å²) in [5, 5.41) is 3.68. The lowest BCUT2D eigenvalue weighted by atomic mass is 9.84. The van der Waals surface area contributed by atoms with Crippen LogP contribution in [0.15, 0.2) is 29.2 Å². The molecule has 1 aliphatic heterocycles. The molecule has 2 aliphatic rings. The fraction of sp³-hybridized carbons (Fsp3) is 0.647. The highest BCUT2D eigenvalue weighted by molar-refractivity contribution is 7.99. The first-order valence-corrected chi connectivity index (χ1v) is 8.67. The molecular formula is C17H25NS. The van der Waals surface area contributed by atoms with Crippen LogP contribution in [0.4, 0.5) is 0 Å². The monoisotopic (exact) mass is 275 g/mol. The van der Waals surface area contributed by atoms with Crippen molar-refractivity contribution in [3.8, 4) is 0 Å². The van der Waals surface area contributed by atoms with Gasteiger partial charge in [-0.1, -0.05) is 32.0 Å². The van der Waals surface area contributed by atoms with Crippen LogP contribution >= 0.6 is 11.8 Å². The van der Waals surface area contributed by atoms with Gasteiger partial charge in [-0.3, -0.25) is 0 Å². The predicted octanol–water partition coefficient (Wildman–Crippen LogP) is 4.29. The van der Waals surface area contributed by atoms with E-state index in [1.54, 1.807) is 5.56 Å². The van der Waals surface area contributed by atoms with E-state index in [0.717, 1.165) is 23.8 Å². The van der Waals surface area contributed by atoms with Gasteiger partial charge in [-0.15, -0.1) is 11.8 Å². The van der Waals surface area contributed by atoms with Gasteiger partial charge < -0.3 is 5.32 Å². The quantitative estimate of drug-likeness (QED) is 0.831. The maximum atomic E-state index is 3.68. The normalized spacial score (nSPS) is 25.1. The third-order valence-corrected chi connectivity index (χ3v) is 5.98. The summed E-state index contributed by atoms with van der Waals surface area (Å²) >= 11 is 2.04. The van der Waals surface area contributed by atoms with Crippen molar-refractivity contribution < 1.29 is 0 Å². The highest BCUT2D eigenvalue weighted by atomic mass is 32.2. The van der Waals surface area contributed by atoms with Gasteiger partial charge in [0.05, 0.1) is 0 Å². The Morgan fingerprint density at radius 3 is 2.79 bits per heavy atom. The average Bonchev–Trinajstić information content (AvgIpc) is 3.18. The van der Waals surface area contributed by atoms with E-state index in [4.69, 9.17) is 0 Å². The minimum Gasteiger partial charge on any atom is -0.314 e. The van der Waals surface area contributed by atoms with Crippen LogP contribution in [0, 0.1) is 11.8 Å². The van der Waals surface area contributed by atoms with Crippen LogP contribution in [0.25, 0.3) is 0 Å². The largest absolute Gasteiger partial charge is 0.314 e. The zero-order chi connectivity index (χ0) is 13.2. The molecule has 3 unspecified atom stereocenters. The van der Waals surface area contributed by atoms with Gasteiger partial charge in [0.25, 0.3) is 0 Å². The van der Waals surface area contributed by atoms with Gasteiger partial charge in [0, 0.05) is 16.7 Å². The Kier molecular flexibility index (Phi) is 4.18. The van der Waals surface area contributed by atoms with Crippen molar-refractivity contribution in [3.63, 3.8) is 0 Å². The summed E-state index contributed by atoms with van der Waals surface area (Å²) in [7, 11) is 0. The molecule has 0 spiro atoms. The van der Waals surface area contributed by atoms with E-state index in [9.17, 15) is 0 Å². The first kappa shape index (κ1) is 13.5. The molecule has 2 heteroatoms. The van der Waals surface area contributed by atoms with E-state index in [0.29, 0.717) is 0 Å². The van der Waals surface area contributed by atoms with Crippen molar-refractivity contribution in [2.75, 3.05) is 12.3 Å². The summed E-state index contributed by atoms with van der Waals surface area (Å²) in [5.74, 6) is 3.66. The maximum absolute atomic E-state index is 3.68. The number of thioether (sulfide) groups is 1. The second-order valence-electron chi connectivity index (χ2n) is 6.42. The number of rotatable bonds is 6. The summed E-state index contributed by atoms with van der Waals surface area (Å²) < 4.78 is 0. The minimum atomic E-state index is 0.777. The van der Waals surface area contributed by atoms with Crippen molar-refractivity contribution in [2.24, 2.45) is 11.8 Å². The number of benzene rings is 1. The molecule has 19 heavy (non-hydrogen) atoms. The maximum Gasteiger partial charge on any atom is 0.0107 e. The standard InChI is InChI=1S/C17H25NS/c1-12(13(2)10-18-15-7-8-15)9-14-11-19-17-6-4-3-5-16(14)17/h3-6,12-15,18H,7-11H2,1-2H3. The Labute approximate surface area is 121 Å². The first-order valence-electron chi connectivity index (χ1n) is 7.69. The molecule has 1 N–H and O–H groups in total. The highest BCUT2D eigenvalue weighted by Gasteiger charge is 2.27. The Hall–Kier alpha value is -0.470. The molecule has 0 bridgehead atoms. The Morgan fingerprint density at radius 1 is 1.21 bits per heavy atom. The highest BCUT2D eigenvalue weighted by Crippen LogP contribution is 2.43.